The van der Waals surface area contributed by atoms with Crippen LogP contribution in [-0.4, -0.2) is 24.5 Å². The van der Waals surface area contributed by atoms with Gasteiger partial charge in [0.2, 0.25) is 5.95 Å². The minimum Gasteiger partial charge on any atom is -0.363 e. The van der Waals surface area contributed by atoms with Crippen molar-refractivity contribution in [3.05, 3.63) is 71.9 Å². The highest BCUT2D eigenvalue weighted by atomic mass is 35.5. The van der Waals surface area contributed by atoms with E-state index in [-0.39, 0.29) is 6.04 Å². The second-order valence-electron chi connectivity index (χ2n) is 5.64. The van der Waals surface area contributed by atoms with Gasteiger partial charge in [0.1, 0.15) is 12.1 Å². The fraction of sp³-hybridized carbons (Fsp3) is 0.111. The van der Waals surface area contributed by atoms with Crippen molar-refractivity contribution < 1.29 is 0 Å². The molecule has 0 saturated heterocycles. The Labute approximate surface area is 149 Å². The minimum absolute atomic E-state index is 0.0845. The number of rotatable bonds is 4. The van der Waals surface area contributed by atoms with E-state index in [0.29, 0.717) is 5.95 Å². The highest BCUT2D eigenvalue weighted by molar-refractivity contribution is 6.30. The lowest BCUT2D eigenvalue weighted by atomic mass is 10.1. The molecule has 0 fully saturated rings. The van der Waals surface area contributed by atoms with E-state index in [1.165, 1.54) is 0 Å². The predicted molar refractivity (Wildman–Crippen MR) is 97.9 cm³/mol. The highest BCUT2D eigenvalue weighted by Crippen LogP contribution is 2.21. The maximum absolute atomic E-state index is 5.95. The SMILES string of the molecule is CC(Nc1ccnc(-n2cnc3ccncc32)n1)c1ccc(Cl)cc1. The molecule has 1 atom stereocenters. The fourth-order valence-corrected chi connectivity index (χ4v) is 2.74. The zero-order valence-electron chi connectivity index (χ0n) is 13.5. The molecule has 3 heterocycles. The van der Waals surface area contributed by atoms with Gasteiger partial charge in [-0.3, -0.25) is 9.55 Å². The first-order valence-corrected chi connectivity index (χ1v) is 8.21. The maximum Gasteiger partial charge on any atom is 0.237 e. The molecule has 6 nitrogen and oxygen atoms in total. The summed E-state index contributed by atoms with van der Waals surface area (Å²) in [6, 6.07) is 11.5. The van der Waals surface area contributed by atoms with Gasteiger partial charge < -0.3 is 5.32 Å². The van der Waals surface area contributed by atoms with Gasteiger partial charge in [0, 0.05) is 23.5 Å². The normalized spacial score (nSPS) is 12.2. The molecule has 0 radical (unpaired) electrons. The third-order valence-corrected chi connectivity index (χ3v) is 4.19. The molecule has 25 heavy (non-hydrogen) atoms. The number of imidazole rings is 1. The van der Waals surface area contributed by atoms with Crippen molar-refractivity contribution in [1.29, 1.82) is 0 Å². The van der Waals surface area contributed by atoms with Crippen LogP contribution in [0.1, 0.15) is 18.5 Å². The van der Waals surface area contributed by atoms with E-state index in [1.807, 2.05) is 41.0 Å². The van der Waals surface area contributed by atoms with E-state index < -0.39 is 0 Å². The van der Waals surface area contributed by atoms with Crippen molar-refractivity contribution in [2.45, 2.75) is 13.0 Å². The number of fused-ring (bicyclic) bond motifs is 1. The second-order valence-corrected chi connectivity index (χ2v) is 6.07. The van der Waals surface area contributed by atoms with E-state index in [2.05, 4.69) is 32.2 Å². The molecule has 0 aliphatic heterocycles. The van der Waals surface area contributed by atoms with Crippen LogP contribution in [0.2, 0.25) is 5.02 Å². The van der Waals surface area contributed by atoms with Crippen molar-refractivity contribution in [1.82, 2.24) is 24.5 Å². The third kappa shape index (κ3) is 3.16. The average molecular weight is 351 g/mol. The number of benzene rings is 1. The number of nitrogens with one attached hydrogen (secondary N) is 1. The van der Waals surface area contributed by atoms with Gasteiger partial charge >= 0.3 is 0 Å². The molecule has 1 unspecified atom stereocenters. The van der Waals surface area contributed by atoms with E-state index in [4.69, 9.17) is 11.6 Å². The van der Waals surface area contributed by atoms with E-state index in [1.54, 1.807) is 24.9 Å². The van der Waals surface area contributed by atoms with Crippen molar-refractivity contribution in [2.24, 2.45) is 0 Å². The number of pyridine rings is 1. The van der Waals surface area contributed by atoms with Gasteiger partial charge in [-0.2, -0.15) is 4.98 Å². The fourth-order valence-electron chi connectivity index (χ4n) is 2.62. The van der Waals surface area contributed by atoms with Gasteiger partial charge in [0.25, 0.3) is 0 Å². The van der Waals surface area contributed by atoms with Crippen molar-refractivity contribution in [2.75, 3.05) is 5.32 Å². The summed E-state index contributed by atoms with van der Waals surface area (Å²) in [4.78, 5) is 17.4. The first-order chi connectivity index (χ1) is 12.2. The zero-order chi connectivity index (χ0) is 17.2. The molecular formula is C18H15ClN6. The van der Waals surface area contributed by atoms with Gasteiger partial charge in [-0.25, -0.2) is 9.97 Å². The molecule has 4 rings (SSSR count). The molecule has 4 aromatic rings. The first-order valence-electron chi connectivity index (χ1n) is 7.83. The van der Waals surface area contributed by atoms with Crippen molar-refractivity contribution in [3.63, 3.8) is 0 Å². The number of aromatic nitrogens is 5. The standard InChI is InChI=1S/C18H15ClN6/c1-12(13-2-4-14(19)5-3-13)23-17-7-9-21-18(24-17)25-11-22-15-6-8-20-10-16(15)25/h2-12H,1H3,(H,21,23,24). The van der Waals surface area contributed by atoms with Crippen LogP contribution in [0.3, 0.4) is 0 Å². The Bertz CT molecular complexity index is 1010. The summed E-state index contributed by atoms with van der Waals surface area (Å²) in [7, 11) is 0. The molecule has 0 saturated carbocycles. The first kappa shape index (κ1) is 15.5. The van der Waals surface area contributed by atoms with Crippen LogP contribution in [0.4, 0.5) is 5.82 Å². The quantitative estimate of drug-likeness (QED) is 0.601. The summed E-state index contributed by atoms with van der Waals surface area (Å²) in [6.07, 6.45) is 6.89. The molecule has 1 aromatic carbocycles. The monoisotopic (exact) mass is 350 g/mol. The summed E-state index contributed by atoms with van der Waals surface area (Å²) in [5.41, 5.74) is 2.85. The molecule has 1 N–H and O–H groups in total. The number of hydrogen-bond donors (Lipinski definition) is 1. The van der Waals surface area contributed by atoms with E-state index in [9.17, 15) is 0 Å². The molecular weight excluding hydrogens is 336 g/mol. The lowest BCUT2D eigenvalue weighted by molar-refractivity contribution is 0.861. The minimum atomic E-state index is 0.0845. The second kappa shape index (κ2) is 6.49. The summed E-state index contributed by atoms with van der Waals surface area (Å²) in [5, 5.41) is 4.11. The van der Waals surface area contributed by atoms with Crippen LogP contribution in [0.5, 0.6) is 0 Å². The van der Waals surface area contributed by atoms with Gasteiger partial charge in [-0.05, 0) is 36.8 Å². The summed E-state index contributed by atoms with van der Waals surface area (Å²) >= 11 is 5.95. The molecule has 0 spiro atoms. The Hall–Kier alpha value is -2.99. The van der Waals surface area contributed by atoms with Crippen LogP contribution in [0, 0.1) is 0 Å². The summed E-state index contributed by atoms with van der Waals surface area (Å²) in [6.45, 7) is 2.07. The number of hydrogen-bond acceptors (Lipinski definition) is 5. The van der Waals surface area contributed by atoms with Gasteiger partial charge in [-0.1, -0.05) is 23.7 Å². The van der Waals surface area contributed by atoms with Crippen LogP contribution < -0.4 is 5.32 Å². The zero-order valence-corrected chi connectivity index (χ0v) is 14.2. The average Bonchev–Trinajstić information content (AvgIpc) is 3.06. The van der Waals surface area contributed by atoms with Gasteiger partial charge in [-0.15, -0.1) is 0 Å². The van der Waals surface area contributed by atoms with Gasteiger partial charge in [0.15, 0.2) is 0 Å². The molecule has 0 bridgehead atoms. The largest absolute Gasteiger partial charge is 0.363 e. The van der Waals surface area contributed by atoms with Crippen LogP contribution >= 0.6 is 11.6 Å². The summed E-state index contributed by atoms with van der Waals surface area (Å²) < 4.78 is 1.82. The third-order valence-electron chi connectivity index (χ3n) is 3.94. The van der Waals surface area contributed by atoms with Gasteiger partial charge in [0.05, 0.1) is 17.2 Å². The number of anilines is 1. The van der Waals surface area contributed by atoms with E-state index in [0.717, 1.165) is 27.4 Å². The number of halogens is 1. The van der Waals surface area contributed by atoms with Crippen LogP contribution in [0.15, 0.2) is 61.3 Å². The van der Waals surface area contributed by atoms with Crippen molar-refractivity contribution >= 4 is 28.5 Å². The Morgan fingerprint density at radius 1 is 1.04 bits per heavy atom. The molecule has 124 valence electrons. The lowest BCUT2D eigenvalue weighted by Crippen LogP contribution is -2.09. The summed E-state index contributed by atoms with van der Waals surface area (Å²) in [5.74, 6) is 1.28. The van der Waals surface area contributed by atoms with Crippen LogP contribution in [0.25, 0.3) is 17.0 Å². The Morgan fingerprint density at radius 3 is 2.72 bits per heavy atom. The molecule has 7 heteroatoms. The molecule has 0 amide bonds. The molecule has 3 aromatic heterocycles. The maximum atomic E-state index is 5.95. The Balaban J connectivity index is 1.62. The number of nitrogens with zero attached hydrogens (tertiary/aromatic N) is 5. The van der Waals surface area contributed by atoms with Crippen molar-refractivity contribution in [3.8, 4) is 5.95 Å². The lowest BCUT2D eigenvalue weighted by Gasteiger charge is -2.15. The van der Waals surface area contributed by atoms with Crippen LogP contribution in [-0.2, 0) is 0 Å². The Kier molecular flexibility index (Phi) is 4.03. The Morgan fingerprint density at radius 2 is 1.88 bits per heavy atom. The highest BCUT2D eigenvalue weighted by Gasteiger charge is 2.10. The smallest absolute Gasteiger partial charge is 0.237 e. The topological polar surface area (TPSA) is 68.5 Å². The predicted octanol–water partition coefficient (Wildman–Crippen LogP) is 4.04. The van der Waals surface area contributed by atoms with E-state index >= 15 is 0 Å². The molecule has 0 aliphatic rings. The molecule has 0 aliphatic carbocycles.